The van der Waals surface area contributed by atoms with Crippen LogP contribution >= 0.6 is 11.3 Å². The number of para-hydroxylation sites is 1. The molecule has 6 heteroatoms. The molecule has 1 atom stereocenters. The first-order valence-electron chi connectivity index (χ1n) is 8.70. The van der Waals surface area contributed by atoms with Crippen molar-refractivity contribution in [2.75, 3.05) is 13.2 Å². The third kappa shape index (κ3) is 3.19. The van der Waals surface area contributed by atoms with Crippen LogP contribution in [0, 0.1) is 0 Å². The number of hydrogen-bond acceptors (Lipinski definition) is 4. The molecule has 1 amide bonds. The van der Waals surface area contributed by atoms with Gasteiger partial charge in [-0.05, 0) is 31.9 Å². The molecule has 0 radical (unpaired) electrons. The number of nitrogens with zero attached hydrogens (tertiary/aromatic N) is 2. The number of hydrogen-bond donors (Lipinski definition) is 1. The smallest absolute Gasteiger partial charge is 0.270 e. The molecule has 0 spiro atoms. The molecule has 3 aromatic rings. The van der Waals surface area contributed by atoms with Gasteiger partial charge in [0.05, 0.1) is 11.8 Å². The Morgan fingerprint density at radius 1 is 1.44 bits per heavy atom. The van der Waals surface area contributed by atoms with Crippen LogP contribution in [0.25, 0.3) is 21.6 Å². The van der Waals surface area contributed by atoms with Crippen LogP contribution in [0.3, 0.4) is 0 Å². The van der Waals surface area contributed by atoms with Crippen molar-refractivity contribution >= 4 is 28.1 Å². The number of aryl methyl sites for hydroxylation is 1. The lowest BCUT2D eigenvalue weighted by Crippen LogP contribution is -2.31. The predicted molar refractivity (Wildman–Crippen MR) is 100 cm³/mol. The first-order valence-corrected chi connectivity index (χ1v) is 9.58. The van der Waals surface area contributed by atoms with Gasteiger partial charge in [0.25, 0.3) is 5.91 Å². The Balaban J connectivity index is 1.55. The van der Waals surface area contributed by atoms with Crippen molar-refractivity contribution in [3.8, 4) is 10.7 Å². The molecule has 4 rings (SSSR count). The Kier molecular flexibility index (Phi) is 4.55. The number of benzene rings is 1. The number of carbonyl (C=O) groups excluding carboxylic acids is 1. The van der Waals surface area contributed by atoms with Crippen molar-refractivity contribution in [2.24, 2.45) is 0 Å². The summed E-state index contributed by atoms with van der Waals surface area (Å²) >= 11 is 1.51. The van der Waals surface area contributed by atoms with Gasteiger partial charge < -0.3 is 14.6 Å². The summed E-state index contributed by atoms with van der Waals surface area (Å²) < 4.78 is 7.78. The van der Waals surface area contributed by atoms with Gasteiger partial charge in [0.2, 0.25) is 0 Å². The number of ether oxygens (including phenoxy) is 1. The number of fused-ring (bicyclic) bond motifs is 1. The molecular weight excluding hydrogens is 334 g/mol. The predicted octanol–water partition coefficient (Wildman–Crippen LogP) is 3.69. The summed E-state index contributed by atoms with van der Waals surface area (Å²) in [5.41, 5.74) is 2.73. The Morgan fingerprint density at radius 2 is 2.32 bits per heavy atom. The van der Waals surface area contributed by atoms with Gasteiger partial charge in [-0.15, -0.1) is 11.3 Å². The minimum atomic E-state index is -0.128. The Morgan fingerprint density at radius 3 is 3.12 bits per heavy atom. The standard InChI is InChI=1S/C19H21N3O2S/c1-2-22-16-8-4-3-6-13(16)10-17(22)19-21-15(12-25-19)18(23)20-11-14-7-5-9-24-14/h3-4,6,8,10,12,14H,2,5,7,9,11H2,1H3,(H,20,23). The molecule has 2 aromatic heterocycles. The van der Waals surface area contributed by atoms with Crippen molar-refractivity contribution < 1.29 is 9.53 Å². The van der Waals surface area contributed by atoms with Crippen LogP contribution in [0.4, 0.5) is 0 Å². The molecule has 0 bridgehead atoms. The molecule has 1 aromatic carbocycles. The van der Waals surface area contributed by atoms with E-state index in [0.29, 0.717) is 12.2 Å². The van der Waals surface area contributed by atoms with Crippen molar-refractivity contribution in [3.05, 3.63) is 41.4 Å². The quantitative estimate of drug-likeness (QED) is 0.759. The summed E-state index contributed by atoms with van der Waals surface area (Å²) in [6.45, 7) is 4.34. The second kappa shape index (κ2) is 6.98. The van der Waals surface area contributed by atoms with Gasteiger partial charge in [-0.3, -0.25) is 4.79 Å². The van der Waals surface area contributed by atoms with Crippen LogP contribution in [-0.4, -0.2) is 34.7 Å². The highest BCUT2D eigenvalue weighted by Gasteiger charge is 2.19. The lowest BCUT2D eigenvalue weighted by molar-refractivity contribution is 0.0854. The van der Waals surface area contributed by atoms with E-state index in [2.05, 4.69) is 40.0 Å². The number of thiazole rings is 1. The van der Waals surface area contributed by atoms with Gasteiger partial charge in [0.15, 0.2) is 0 Å². The van der Waals surface area contributed by atoms with E-state index in [4.69, 9.17) is 4.74 Å². The van der Waals surface area contributed by atoms with Crippen LogP contribution in [0.2, 0.25) is 0 Å². The summed E-state index contributed by atoms with van der Waals surface area (Å²) in [7, 11) is 0. The highest BCUT2D eigenvalue weighted by atomic mass is 32.1. The van der Waals surface area contributed by atoms with Gasteiger partial charge in [0, 0.05) is 36.0 Å². The van der Waals surface area contributed by atoms with Crippen LogP contribution in [0.5, 0.6) is 0 Å². The van der Waals surface area contributed by atoms with Crippen LogP contribution < -0.4 is 5.32 Å². The lowest BCUT2D eigenvalue weighted by atomic mass is 10.2. The van der Waals surface area contributed by atoms with E-state index in [1.165, 1.54) is 22.2 Å². The van der Waals surface area contributed by atoms with Gasteiger partial charge in [0.1, 0.15) is 10.7 Å². The van der Waals surface area contributed by atoms with Gasteiger partial charge >= 0.3 is 0 Å². The Bertz CT molecular complexity index is 893. The molecule has 3 heterocycles. The molecule has 1 N–H and O–H groups in total. The molecule has 1 saturated heterocycles. The van der Waals surface area contributed by atoms with Crippen LogP contribution in [-0.2, 0) is 11.3 Å². The zero-order valence-electron chi connectivity index (χ0n) is 14.2. The van der Waals surface area contributed by atoms with Gasteiger partial charge in [-0.2, -0.15) is 0 Å². The number of nitrogens with one attached hydrogen (secondary N) is 1. The highest BCUT2D eigenvalue weighted by molar-refractivity contribution is 7.13. The van der Waals surface area contributed by atoms with E-state index in [1.807, 2.05) is 17.5 Å². The van der Waals surface area contributed by atoms with E-state index in [-0.39, 0.29) is 12.0 Å². The maximum Gasteiger partial charge on any atom is 0.270 e. The second-order valence-corrected chi connectivity index (χ2v) is 7.07. The first kappa shape index (κ1) is 16.3. The molecule has 5 nitrogen and oxygen atoms in total. The van der Waals surface area contributed by atoms with E-state index >= 15 is 0 Å². The molecule has 0 aliphatic carbocycles. The third-order valence-electron chi connectivity index (χ3n) is 4.60. The van der Waals surface area contributed by atoms with Gasteiger partial charge in [-0.1, -0.05) is 18.2 Å². The summed E-state index contributed by atoms with van der Waals surface area (Å²) in [5.74, 6) is -0.128. The SMILES string of the molecule is CCn1c(-c2nc(C(=O)NCC3CCCO3)cs2)cc2ccccc21. The molecule has 130 valence electrons. The molecule has 25 heavy (non-hydrogen) atoms. The number of aromatic nitrogens is 2. The summed E-state index contributed by atoms with van der Waals surface area (Å²) in [6, 6.07) is 10.5. The number of amides is 1. The summed E-state index contributed by atoms with van der Waals surface area (Å²) in [4.78, 5) is 16.9. The van der Waals surface area contributed by atoms with Crippen molar-refractivity contribution in [1.29, 1.82) is 0 Å². The molecular formula is C19H21N3O2S. The van der Waals surface area contributed by atoms with E-state index < -0.39 is 0 Å². The van der Waals surface area contributed by atoms with Crippen molar-refractivity contribution in [2.45, 2.75) is 32.4 Å². The van der Waals surface area contributed by atoms with Crippen molar-refractivity contribution in [3.63, 3.8) is 0 Å². The number of rotatable bonds is 5. The zero-order valence-corrected chi connectivity index (χ0v) is 15.0. The summed E-state index contributed by atoms with van der Waals surface area (Å²) in [5, 5.41) is 6.83. The fourth-order valence-corrected chi connectivity index (χ4v) is 4.15. The average molecular weight is 355 g/mol. The monoisotopic (exact) mass is 355 g/mol. The Hall–Kier alpha value is -2.18. The minimum absolute atomic E-state index is 0.128. The lowest BCUT2D eigenvalue weighted by Gasteiger charge is -2.09. The minimum Gasteiger partial charge on any atom is -0.376 e. The molecule has 0 saturated carbocycles. The van der Waals surface area contributed by atoms with Gasteiger partial charge in [-0.25, -0.2) is 4.98 Å². The van der Waals surface area contributed by atoms with Crippen LogP contribution in [0.15, 0.2) is 35.7 Å². The fraction of sp³-hybridized carbons (Fsp3) is 0.368. The maximum absolute atomic E-state index is 12.3. The number of carbonyl (C=O) groups is 1. The second-order valence-electron chi connectivity index (χ2n) is 6.22. The third-order valence-corrected chi connectivity index (χ3v) is 5.46. The topological polar surface area (TPSA) is 56.2 Å². The van der Waals surface area contributed by atoms with E-state index in [9.17, 15) is 4.79 Å². The average Bonchev–Trinajstić information content (AvgIpc) is 3.38. The zero-order chi connectivity index (χ0) is 17.2. The highest BCUT2D eigenvalue weighted by Crippen LogP contribution is 2.30. The van der Waals surface area contributed by atoms with E-state index in [0.717, 1.165) is 36.7 Å². The maximum atomic E-state index is 12.3. The summed E-state index contributed by atoms with van der Waals surface area (Å²) in [6.07, 6.45) is 2.23. The normalized spacial score (nSPS) is 17.2. The molecule has 1 fully saturated rings. The fourth-order valence-electron chi connectivity index (χ4n) is 3.33. The molecule has 1 unspecified atom stereocenters. The van der Waals surface area contributed by atoms with E-state index in [1.54, 1.807) is 0 Å². The molecule has 1 aliphatic heterocycles. The van der Waals surface area contributed by atoms with Crippen LogP contribution in [0.1, 0.15) is 30.3 Å². The molecule has 1 aliphatic rings. The largest absolute Gasteiger partial charge is 0.376 e. The van der Waals surface area contributed by atoms with Crippen molar-refractivity contribution in [1.82, 2.24) is 14.9 Å². The first-order chi connectivity index (χ1) is 12.3. The Labute approximate surface area is 150 Å².